The van der Waals surface area contributed by atoms with Gasteiger partial charge in [-0.3, -0.25) is 10.1 Å². The number of carboxylic acids is 1. The third-order valence-corrected chi connectivity index (χ3v) is 2.27. The monoisotopic (exact) mass is 276 g/mol. The number of hydrogen-bond acceptors (Lipinski definition) is 5. The first-order chi connectivity index (χ1) is 9.52. The number of anilines is 2. The number of aromatic nitrogens is 4. The lowest BCUT2D eigenvalue weighted by Crippen LogP contribution is -2.20. The summed E-state index contributed by atoms with van der Waals surface area (Å²) in [6.07, 6.45) is -0.108. The third-order valence-electron chi connectivity index (χ3n) is 2.27. The highest BCUT2D eigenvalue weighted by Crippen LogP contribution is 2.11. The van der Waals surface area contributed by atoms with Gasteiger partial charge in [0.15, 0.2) is 0 Å². The molecule has 9 heteroatoms. The van der Waals surface area contributed by atoms with Gasteiger partial charge in [-0.15, -0.1) is 5.10 Å². The largest absolute Gasteiger partial charge is 0.481 e. The lowest BCUT2D eigenvalue weighted by molar-refractivity contribution is -0.136. The zero-order chi connectivity index (χ0) is 14.5. The van der Waals surface area contributed by atoms with E-state index in [0.29, 0.717) is 11.3 Å². The van der Waals surface area contributed by atoms with Crippen molar-refractivity contribution < 1.29 is 14.7 Å². The molecule has 1 aromatic heterocycles. The van der Waals surface area contributed by atoms with Gasteiger partial charge in [0, 0.05) is 5.69 Å². The summed E-state index contributed by atoms with van der Waals surface area (Å²) in [6, 6.07) is 6.02. The second-order valence-electron chi connectivity index (χ2n) is 3.95. The number of aryl methyl sites for hydroxylation is 1. The van der Waals surface area contributed by atoms with Crippen LogP contribution >= 0.6 is 0 Å². The van der Waals surface area contributed by atoms with Crippen LogP contribution in [0.15, 0.2) is 24.3 Å². The van der Waals surface area contributed by atoms with Crippen molar-refractivity contribution in [1.82, 2.24) is 20.2 Å². The molecule has 9 nitrogen and oxygen atoms in total. The second kappa shape index (κ2) is 5.78. The maximum atomic E-state index is 11.7. The van der Waals surface area contributed by atoms with Gasteiger partial charge in [0.25, 0.3) is 5.95 Å². The van der Waals surface area contributed by atoms with Crippen LogP contribution in [-0.2, 0) is 18.3 Å². The van der Waals surface area contributed by atoms with Crippen LogP contribution in [0.25, 0.3) is 0 Å². The van der Waals surface area contributed by atoms with Crippen LogP contribution in [0.3, 0.4) is 0 Å². The summed E-state index contributed by atoms with van der Waals surface area (Å²) >= 11 is 0. The first-order valence-electron chi connectivity index (χ1n) is 5.65. The van der Waals surface area contributed by atoms with Crippen molar-refractivity contribution in [1.29, 1.82) is 0 Å². The molecule has 0 fully saturated rings. The molecule has 0 aliphatic carbocycles. The van der Waals surface area contributed by atoms with Crippen LogP contribution in [0.1, 0.15) is 5.56 Å². The van der Waals surface area contributed by atoms with Crippen LogP contribution < -0.4 is 10.6 Å². The molecule has 2 aromatic rings. The van der Waals surface area contributed by atoms with Crippen LogP contribution in [0.5, 0.6) is 0 Å². The number of nitrogens with one attached hydrogen (secondary N) is 2. The van der Waals surface area contributed by atoms with E-state index in [9.17, 15) is 9.59 Å². The summed E-state index contributed by atoms with van der Waals surface area (Å²) < 4.78 is 0. The van der Waals surface area contributed by atoms with E-state index in [4.69, 9.17) is 5.11 Å². The predicted molar refractivity (Wildman–Crippen MR) is 69.2 cm³/mol. The molecule has 1 heterocycles. The Balaban J connectivity index is 1.98. The van der Waals surface area contributed by atoms with Crippen molar-refractivity contribution in [2.24, 2.45) is 7.05 Å². The van der Waals surface area contributed by atoms with E-state index in [0.717, 1.165) is 0 Å². The van der Waals surface area contributed by atoms with E-state index in [1.807, 2.05) is 0 Å². The molecule has 0 bridgehead atoms. The van der Waals surface area contributed by atoms with Crippen molar-refractivity contribution in [3.8, 4) is 0 Å². The molecule has 104 valence electrons. The fourth-order valence-corrected chi connectivity index (χ4v) is 1.53. The lowest BCUT2D eigenvalue weighted by atomic mass is 10.1. The number of rotatable bonds is 4. The minimum Gasteiger partial charge on any atom is -0.481 e. The van der Waals surface area contributed by atoms with Crippen LogP contribution in [0.4, 0.5) is 16.4 Å². The maximum absolute atomic E-state index is 11.7. The normalized spacial score (nSPS) is 10.1. The van der Waals surface area contributed by atoms with Crippen molar-refractivity contribution in [3.63, 3.8) is 0 Å². The SMILES string of the molecule is Cn1nnc(NC(=O)Nc2cccc(CC(=O)O)c2)n1. The maximum Gasteiger partial charge on any atom is 0.326 e. The highest BCUT2D eigenvalue weighted by Gasteiger charge is 2.07. The Morgan fingerprint density at radius 1 is 1.35 bits per heavy atom. The third kappa shape index (κ3) is 3.77. The number of urea groups is 1. The summed E-state index contributed by atoms with van der Waals surface area (Å²) in [5.41, 5.74) is 1.07. The van der Waals surface area contributed by atoms with Gasteiger partial charge in [0.05, 0.1) is 13.5 Å². The highest BCUT2D eigenvalue weighted by molar-refractivity contribution is 5.98. The molecule has 0 radical (unpaired) electrons. The Morgan fingerprint density at radius 2 is 2.15 bits per heavy atom. The highest BCUT2D eigenvalue weighted by atomic mass is 16.4. The molecule has 3 N–H and O–H groups in total. The summed E-state index contributed by atoms with van der Waals surface area (Å²) in [4.78, 5) is 23.5. The number of tetrazole rings is 1. The summed E-state index contributed by atoms with van der Waals surface area (Å²) in [5.74, 6) is -0.859. The van der Waals surface area contributed by atoms with Gasteiger partial charge in [-0.2, -0.15) is 4.80 Å². The standard InChI is InChI=1S/C11H12N6O3/c1-17-15-10(14-16-17)13-11(20)12-8-4-2-3-7(5-8)6-9(18)19/h2-5H,6H2,1H3,(H,18,19)(H2,12,13,15,20). The van der Waals surface area contributed by atoms with E-state index in [-0.39, 0.29) is 12.4 Å². The van der Waals surface area contributed by atoms with Gasteiger partial charge in [0.1, 0.15) is 0 Å². The molecule has 1 aromatic carbocycles. The molecule has 2 rings (SSSR count). The predicted octanol–water partition coefficient (Wildman–Crippen LogP) is 0.481. The van der Waals surface area contributed by atoms with Gasteiger partial charge in [0.2, 0.25) is 0 Å². The number of benzene rings is 1. The minimum atomic E-state index is -0.935. The quantitative estimate of drug-likeness (QED) is 0.746. The average molecular weight is 276 g/mol. The van der Waals surface area contributed by atoms with Gasteiger partial charge in [-0.25, -0.2) is 4.79 Å². The molecule has 0 saturated heterocycles. The Bertz CT molecular complexity index is 639. The van der Waals surface area contributed by atoms with Crippen molar-refractivity contribution in [2.75, 3.05) is 10.6 Å². The zero-order valence-corrected chi connectivity index (χ0v) is 10.6. The summed E-state index contributed by atoms with van der Waals surface area (Å²) in [5, 5.41) is 24.6. The minimum absolute atomic E-state index is 0.0756. The van der Waals surface area contributed by atoms with Gasteiger partial charge >= 0.3 is 12.0 Å². The number of carbonyl (C=O) groups excluding carboxylic acids is 1. The molecule has 0 saturated carbocycles. The molecular formula is C11H12N6O3. The molecule has 0 atom stereocenters. The Labute approximate surface area is 113 Å². The number of nitrogens with zero attached hydrogens (tertiary/aromatic N) is 4. The Morgan fingerprint density at radius 3 is 2.80 bits per heavy atom. The fraction of sp³-hybridized carbons (Fsp3) is 0.182. The van der Waals surface area contributed by atoms with Crippen LogP contribution in [0, 0.1) is 0 Å². The number of aliphatic carboxylic acids is 1. The Kier molecular flexibility index (Phi) is 3.89. The summed E-state index contributed by atoms with van der Waals surface area (Å²) in [7, 11) is 1.57. The molecule has 0 unspecified atom stereocenters. The molecule has 0 aliphatic heterocycles. The van der Waals surface area contributed by atoms with Gasteiger partial charge < -0.3 is 10.4 Å². The number of hydrogen-bond donors (Lipinski definition) is 3. The van der Waals surface area contributed by atoms with Crippen molar-refractivity contribution in [3.05, 3.63) is 29.8 Å². The lowest BCUT2D eigenvalue weighted by Gasteiger charge is -2.06. The zero-order valence-electron chi connectivity index (χ0n) is 10.6. The van der Waals surface area contributed by atoms with E-state index in [1.54, 1.807) is 31.3 Å². The topological polar surface area (TPSA) is 122 Å². The number of carboxylic acid groups (broad SMARTS) is 1. The molecule has 20 heavy (non-hydrogen) atoms. The van der Waals surface area contributed by atoms with Crippen LogP contribution in [0.2, 0.25) is 0 Å². The van der Waals surface area contributed by atoms with Gasteiger partial charge in [-0.1, -0.05) is 17.2 Å². The second-order valence-corrected chi connectivity index (χ2v) is 3.95. The fourth-order valence-electron chi connectivity index (χ4n) is 1.53. The van der Waals surface area contributed by atoms with Gasteiger partial charge in [-0.05, 0) is 22.9 Å². The van der Waals surface area contributed by atoms with Crippen molar-refractivity contribution in [2.45, 2.75) is 6.42 Å². The number of carbonyl (C=O) groups is 2. The number of amides is 2. The van der Waals surface area contributed by atoms with E-state index in [1.165, 1.54) is 4.80 Å². The first-order valence-corrected chi connectivity index (χ1v) is 5.65. The molecule has 0 spiro atoms. The smallest absolute Gasteiger partial charge is 0.326 e. The average Bonchev–Trinajstić information content (AvgIpc) is 2.74. The van der Waals surface area contributed by atoms with E-state index >= 15 is 0 Å². The van der Waals surface area contributed by atoms with E-state index in [2.05, 4.69) is 26.0 Å². The molecule has 0 aliphatic rings. The van der Waals surface area contributed by atoms with Crippen molar-refractivity contribution >= 4 is 23.6 Å². The first kappa shape index (κ1) is 13.5. The van der Waals surface area contributed by atoms with Crippen LogP contribution in [-0.4, -0.2) is 37.3 Å². The van der Waals surface area contributed by atoms with E-state index < -0.39 is 12.0 Å². The molecular weight excluding hydrogens is 264 g/mol. The summed E-state index contributed by atoms with van der Waals surface area (Å²) in [6.45, 7) is 0. The molecule has 2 amide bonds. The Hall–Kier alpha value is -2.97.